The molecule has 0 aromatic heterocycles. The van der Waals surface area contributed by atoms with E-state index in [2.05, 4.69) is 34.8 Å². The number of rotatable bonds is 5. The molecule has 0 N–H and O–H groups in total. The SMILES string of the molecule is C=C(C)N(/C=C\C)CC1=CC=C(/C=N\C)C1. The highest BCUT2D eigenvalue weighted by Gasteiger charge is 2.09. The largest absolute Gasteiger partial charge is 0.349 e. The summed E-state index contributed by atoms with van der Waals surface area (Å²) in [5.74, 6) is 0. The topological polar surface area (TPSA) is 15.6 Å². The molecule has 0 aromatic carbocycles. The lowest BCUT2D eigenvalue weighted by atomic mass is 10.1. The summed E-state index contributed by atoms with van der Waals surface area (Å²) in [7, 11) is 1.80. The second-order valence-electron chi connectivity index (χ2n) is 3.98. The van der Waals surface area contributed by atoms with Crippen LogP contribution in [0, 0.1) is 0 Å². The van der Waals surface area contributed by atoms with Gasteiger partial charge < -0.3 is 4.90 Å². The predicted octanol–water partition coefficient (Wildman–Crippen LogP) is 3.31. The molecule has 0 unspecified atom stereocenters. The van der Waals surface area contributed by atoms with Crippen LogP contribution in [0.5, 0.6) is 0 Å². The van der Waals surface area contributed by atoms with E-state index in [0.717, 1.165) is 18.7 Å². The van der Waals surface area contributed by atoms with E-state index in [1.165, 1.54) is 11.1 Å². The molecule has 0 radical (unpaired) electrons. The molecule has 1 aliphatic rings. The molecule has 0 fully saturated rings. The van der Waals surface area contributed by atoms with Crippen molar-refractivity contribution in [3.63, 3.8) is 0 Å². The predicted molar refractivity (Wildman–Crippen MR) is 71.5 cm³/mol. The zero-order valence-corrected chi connectivity index (χ0v) is 10.4. The molecule has 0 bridgehead atoms. The molecule has 0 atom stereocenters. The van der Waals surface area contributed by atoms with E-state index < -0.39 is 0 Å². The Morgan fingerprint density at radius 3 is 2.88 bits per heavy atom. The lowest BCUT2D eigenvalue weighted by Crippen LogP contribution is -2.17. The molecule has 0 amide bonds. The van der Waals surface area contributed by atoms with Gasteiger partial charge in [-0.1, -0.05) is 24.8 Å². The molecule has 0 spiro atoms. The molecule has 0 aromatic rings. The Labute approximate surface area is 98.4 Å². The maximum Gasteiger partial charge on any atom is 0.0438 e. The Kier molecular flexibility index (Phi) is 4.77. The normalized spacial score (nSPS) is 15.7. The average molecular weight is 216 g/mol. The van der Waals surface area contributed by atoms with Crippen LogP contribution in [0.4, 0.5) is 0 Å². The van der Waals surface area contributed by atoms with Crippen molar-refractivity contribution in [1.82, 2.24) is 4.90 Å². The lowest BCUT2D eigenvalue weighted by molar-refractivity contribution is 0.503. The Morgan fingerprint density at radius 1 is 1.56 bits per heavy atom. The zero-order valence-electron chi connectivity index (χ0n) is 10.4. The Morgan fingerprint density at radius 2 is 2.31 bits per heavy atom. The maximum absolute atomic E-state index is 4.03. The van der Waals surface area contributed by atoms with Gasteiger partial charge in [0.25, 0.3) is 0 Å². The van der Waals surface area contributed by atoms with Gasteiger partial charge in [-0.25, -0.2) is 0 Å². The molecule has 16 heavy (non-hydrogen) atoms. The molecule has 0 saturated heterocycles. The average Bonchev–Trinajstić information content (AvgIpc) is 2.65. The standard InChI is InChI=1S/C14H20N2/c1-5-8-16(12(2)3)11-14-7-6-13(9-14)10-15-4/h5-8,10H,2,9,11H2,1,3-4H3/b8-5-,15-10-. The molecular formula is C14H20N2. The first kappa shape index (κ1) is 12.5. The van der Waals surface area contributed by atoms with Crippen LogP contribution in [-0.4, -0.2) is 24.7 Å². The Bertz CT molecular complexity index is 370. The van der Waals surface area contributed by atoms with Crippen molar-refractivity contribution in [3.05, 3.63) is 47.9 Å². The fourth-order valence-electron chi connectivity index (χ4n) is 1.68. The summed E-state index contributed by atoms with van der Waals surface area (Å²) in [4.78, 5) is 6.19. The lowest BCUT2D eigenvalue weighted by Gasteiger charge is -2.21. The summed E-state index contributed by atoms with van der Waals surface area (Å²) >= 11 is 0. The minimum atomic E-state index is 0.914. The molecular weight excluding hydrogens is 196 g/mol. The van der Waals surface area contributed by atoms with Crippen molar-refractivity contribution in [2.75, 3.05) is 13.6 Å². The van der Waals surface area contributed by atoms with E-state index in [0.29, 0.717) is 0 Å². The van der Waals surface area contributed by atoms with Crippen LogP contribution in [0.1, 0.15) is 20.3 Å². The summed E-state index contributed by atoms with van der Waals surface area (Å²) < 4.78 is 0. The van der Waals surface area contributed by atoms with Crippen LogP contribution in [0.15, 0.2) is 52.8 Å². The third kappa shape index (κ3) is 3.54. The van der Waals surface area contributed by atoms with E-state index in [1.54, 1.807) is 7.05 Å². The highest BCUT2D eigenvalue weighted by molar-refractivity contribution is 5.80. The smallest absolute Gasteiger partial charge is 0.0438 e. The van der Waals surface area contributed by atoms with E-state index in [-0.39, 0.29) is 0 Å². The minimum Gasteiger partial charge on any atom is -0.349 e. The van der Waals surface area contributed by atoms with Crippen molar-refractivity contribution in [3.8, 4) is 0 Å². The molecule has 1 rings (SSSR count). The molecule has 2 nitrogen and oxygen atoms in total. The second kappa shape index (κ2) is 6.11. The molecule has 86 valence electrons. The highest BCUT2D eigenvalue weighted by atomic mass is 15.1. The Hall–Kier alpha value is -1.57. The van der Waals surface area contributed by atoms with Gasteiger partial charge in [-0.05, 0) is 37.6 Å². The van der Waals surface area contributed by atoms with Gasteiger partial charge in [-0.3, -0.25) is 4.99 Å². The summed E-state index contributed by atoms with van der Waals surface area (Å²) in [5, 5.41) is 0. The first-order valence-electron chi connectivity index (χ1n) is 5.53. The Balaban J connectivity index is 2.54. The number of nitrogens with zero attached hydrogens (tertiary/aromatic N) is 2. The van der Waals surface area contributed by atoms with Crippen LogP contribution in [0.25, 0.3) is 0 Å². The van der Waals surface area contributed by atoms with Gasteiger partial charge in [-0.15, -0.1) is 0 Å². The van der Waals surface area contributed by atoms with Gasteiger partial charge in [0.2, 0.25) is 0 Å². The highest BCUT2D eigenvalue weighted by Crippen LogP contribution is 2.20. The van der Waals surface area contributed by atoms with Crippen LogP contribution in [-0.2, 0) is 0 Å². The minimum absolute atomic E-state index is 0.914. The maximum atomic E-state index is 4.03. The van der Waals surface area contributed by atoms with E-state index in [1.807, 2.05) is 26.1 Å². The monoisotopic (exact) mass is 216 g/mol. The number of hydrogen-bond donors (Lipinski definition) is 0. The number of allylic oxidation sites excluding steroid dienone is 5. The van der Waals surface area contributed by atoms with E-state index in [9.17, 15) is 0 Å². The van der Waals surface area contributed by atoms with Gasteiger partial charge in [0, 0.05) is 25.5 Å². The summed E-state index contributed by atoms with van der Waals surface area (Å²) in [5.41, 5.74) is 3.74. The van der Waals surface area contributed by atoms with Crippen molar-refractivity contribution in [2.45, 2.75) is 20.3 Å². The summed E-state index contributed by atoms with van der Waals surface area (Å²) in [6.07, 6.45) is 11.3. The van der Waals surface area contributed by atoms with E-state index >= 15 is 0 Å². The molecule has 1 aliphatic carbocycles. The molecule has 2 heteroatoms. The van der Waals surface area contributed by atoms with Crippen LogP contribution < -0.4 is 0 Å². The third-order valence-electron chi connectivity index (χ3n) is 2.45. The van der Waals surface area contributed by atoms with Crippen LogP contribution in [0.2, 0.25) is 0 Å². The first-order chi connectivity index (χ1) is 7.67. The fourth-order valence-corrected chi connectivity index (χ4v) is 1.68. The molecule has 0 saturated carbocycles. The van der Waals surface area contributed by atoms with Gasteiger partial charge >= 0.3 is 0 Å². The number of hydrogen-bond acceptors (Lipinski definition) is 2. The van der Waals surface area contributed by atoms with Crippen LogP contribution >= 0.6 is 0 Å². The fraction of sp³-hybridized carbons (Fsp3) is 0.357. The van der Waals surface area contributed by atoms with Crippen molar-refractivity contribution >= 4 is 6.21 Å². The van der Waals surface area contributed by atoms with Crippen molar-refractivity contribution < 1.29 is 0 Å². The third-order valence-corrected chi connectivity index (χ3v) is 2.45. The van der Waals surface area contributed by atoms with Gasteiger partial charge in [0.05, 0.1) is 0 Å². The second-order valence-corrected chi connectivity index (χ2v) is 3.98. The number of aliphatic imine (C=N–C) groups is 1. The van der Waals surface area contributed by atoms with Gasteiger partial charge in [-0.2, -0.15) is 0 Å². The van der Waals surface area contributed by atoms with E-state index in [4.69, 9.17) is 0 Å². The van der Waals surface area contributed by atoms with Crippen molar-refractivity contribution in [1.29, 1.82) is 0 Å². The summed E-state index contributed by atoms with van der Waals surface area (Å²) in [6.45, 7) is 8.93. The van der Waals surface area contributed by atoms with Crippen molar-refractivity contribution in [2.24, 2.45) is 4.99 Å². The zero-order chi connectivity index (χ0) is 12.0. The first-order valence-corrected chi connectivity index (χ1v) is 5.53. The summed E-state index contributed by atoms with van der Waals surface area (Å²) in [6, 6.07) is 0. The quantitative estimate of drug-likeness (QED) is 0.644. The molecule has 0 heterocycles. The molecule has 0 aliphatic heterocycles. The van der Waals surface area contributed by atoms with Crippen LogP contribution in [0.3, 0.4) is 0 Å². The van der Waals surface area contributed by atoms with Gasteiger partial charge in [0.15, 0.2) is 0 Å². The van der Waals surface area contributed by atoms with Gasteiger partial charge in [0.1, 0.15) is 0 Å².